The largest absolute Gasteiger partial charge is 0.314 e. The fraction of sp³-hybridized carbons (Fsp3) is 0.562. The molecule has 0 heterocycles. The molecule has 0 aromatic heterocycles. The predicted molar refractivity (Wildman–Crippen MR) is 74.6 cm³/mol. The van der Waals surface area contributed by atoms with E-state index in [0.29, 0.717) is 12.0 Å². The van der Waals surface area contributed by atoms with Crippen LogP contribution in [0, 0.1) is 5.82 Å². The molecule has 19 heavy (non-hydrogen) atoms. The van der Waals surface area contributed by atoms with E-state index in [4.69, 9.17) is 0 Å². The first-order valence-electron chi connectivity index (χ1n) is 7.09. The molecule has 1 N–H and O–H groups in total. The molecule has 1 aromatic carbocycles. The Bertz CT molecular complexity index is 438. The van der Waals surface area contributed by atoms with Crippen LogP contribution in [-0.4, -0.2) is 18.4 Å². The number of halogens is 1. The van der Waals surface area contributed by atoms with E-state index in [1.807, 2.05) is 7.05 Å². The van der Waals surface area contributed by atoms with Crippen molar-refractivity contribution in [3.8, 4) is 0 Å². The number of carbonyl (C=O) groups is 1. The van der Waals surface area contributed by atoms with Crippen molar-refractivity contribution in [3.63, 3.8) is 0 Å². The van der Waals surface area contributed by atoms with Gasteiger partial charge >= 0.3 is 0 Å². The molecule has 1 aliphatic carbocycles. The third-order valence-electron chi connectivity index (χ3n) is 4.22. The van der Waals surface area contributed by atoms with Gasteiger partial charge in [-0.2, -0.15) is 0 Å². The van der Waals surface area contributed by atoms with Crippen LogP contribution in [0.1, 0.15) is 44.1 Å². The van der Waals surface area contributed by atoms with Crippen LogP contribution in [0.5, 0.6) is 0 Å². The van der Waals surface area contributed by atoms with E-state index in [0.717, 1.165) is 12.8 Å². The van der Waals surface area contributed by atoms with Crippen LogP contribution in [0.2, 0.25) is 0 Å². The maximum atomic E-state index is 13.5. The van der Waals surface area contributed by atoms with Crippen molar-refractivity contribution in [1.29, 1.82) is 0 Å². The minimum Gasteiger partial charge on any atom is -0.314 e. The van der Waals surface area contributed by atoms with Gasteiger partial charge in [-0.15, -0.1) is 0 Å². The number of benzene rings is 1. The van der Waals surface area contributed by atoms with Crippen molar-refractivity contribution < 1.29 is 9.18 Å². The molecular weight excluding hydrogens is 241 g/mol. The lowest BCUT2D eigenvalue weighted by Crippen LogP contribution is -2.46. The lowest BCUT2D eigenvalue weighted by atomic mass is 9.78. The number of hydrogen-bond donors (Lipinski definition) is 1. The molecule has 104 valence electrons. The Kier molecular flexibility index (Phi) is 4.70. The average Bonchev–Trinajstić information content (AvgIpc) is 2.42. The molecule has 0 unspecified atom stereocenters. The smallest absolute Gasteiger partial charge is 0.139 e. The average molecular weight is 263 g/mol. The molecule has 0 aliphatic heterocycles. The summed E-state index contributed by atoms with van der Waals surface area (Å²) in [6.45, 7) is 0. The van der Waals surface area contributed by atoms with Crippen molar-refractivity contribution in [2.75, 3.05) is 7.05 Å². The van der Waals surface area contributed by atoms with E-state index >= 15 is 0 Å². The normalized spacial score (nSPS) is 18.2. The van der Waals surface area contributed by atoms with Gasteiger partial charge in [0.05, 0.1) is 0 Å². The first kappa shape index (κ1) is 14.2. The molecule has 2 rings (SSSR count). The van der Waals surface area contributed by atoms with Gasteiger partial charge in [0.1, 0.15) is 11.6 Å². The highest BCUT2D eigenvalue weighted by atomic mass is 19.1. The topological polar surface area (TPSA) is 29.1 Å². The molecule has 1 saturated carbocycles. The van der Waals surface area contributed by atoms with Gasteiger partial charge in [0.15, 0.2) is 0 Å². The highest BCUT2D eigenvalue weighted by Gasteiger charge is 2.32. The predicted octanol–water partition coefficient (Wildman–Crippen LogP) is 3.25. The molecular formula is C16H22FNO. The standard InChI is InChI=1S/C16H22FNO/c1-18-16(9-5-2-6-10-16)12-14(19)11-13-7-3-4-8-15(13)17/h3-4,7-8,18H,2,5-6,9-12H2,1H3. The van der Waals surface area contributed by atoms with Crippen molar-refractivity contribution in [2.24, 2.45) is 0 Å². The summed E-state index contributed by atoms with van der Waals surface area (Å²) in [6, 6.07) is 6.54. The number of carbonyl (C=O) groups excluding carboxylic acids is 1. The van der Waals surface area contributed by atoms with E-state index in [9.17, 15) is 9.18 Å². The second kappa shape index (κ2) is 6.29. The Labute approximate surface area is 114 Å². The Balaban J connectivity index is 1.98. The number of ketones is 1. The number of hydrogen-bond acceptors (Lipinski definition) is 2. The van der Waals surface area contributed by atoms with Gasteiger partial charge in [-0.1, -0.05) is 37.5 Å². The lowest BCUT2D eigenvalue weighted by Gasteiger charge is -2.36. The Hall–Kier alpha value is -1.22. The molecule has 1 aromatic rings. The fourth-order valence-corrected chi connectivity index (χ4v) is 3.04. The lowest BCUT2D eigenvalue weighted by molar-refractivity contribution is -0.120. The summed E-state index contributed by atoms with van der Waals surface area (Å²) < 4.78 is 13.5. The van der Waals surface area contributed by atoms with Gasteiger partial charge in [0.25, 0.3) is 0 Å². The molecule has 0 amide bonds. The summed E-state index contributed by atoms with van der Waals surface area (Å²) in [5.74, 6) is -0.153. The number of rotatable bonds is 5. The SMILES string of the molecule is CNC1(CC(=O)Cc2ccccc2F)CCCCC1. The third kappa shape index (κ3) is 3.63. The molecule has 0 radical (unpaired) electrons. The zero-order chi connectivity index (χ0) is 13.7. The van der Waals surface area contributed by atoms with Gasteiger partial charge in [-0.3, -0.25) is 4.79 Å². The van der Waals surface area contributed by atoms with E-state index in [1.54, 1.807) is 18.2 Å². The highest BCUT2D eigenvalue weighted by Crippen LogP contribution is 2.31. The zero-order valence-corrected chi connectivity index (χ0v) is 11.5. The van der Waals surface area contributed by atoms with E-state index in [1.165, 1.54) is 25.3 Å². The quantitative estimate of drug-likeness (QED) is 0.883. The van der Waals surface area contributed by atoms with Crippen LogP contribution in [-0.2, 0) is 11.2 Å². The summed E-state index contributed by atoms with van der Waals surface area (Å²) in [5.41, 5.74) is 0.454. The van der Waals surface area contributed by atoms with Gasteiger partial charge < -0.3 is 5.32 Å². The van der Waals surface area contributed by atoms with Crippen molar-refractivity contribution >= 4 is 5.78 Å². The second-order valence-corrected chi connectivity index (χ2v) is 5.57. The molecule has 0 atom stereocenters. The summed E-state index contributed by atoms with van der Waals surface area (Å²) in [4.78, 5) is 12.2. The Morgan fingerprint density at radius 2 is 1.95 bits per heavy atom. The first-order chi connectivity index (χ1) is 9.15. The summed E-state index contributed by atoms with van der Waals surface area (Å²) in [7, 11) is 1.93. The zero-order valence-electron chi connectivity index (χ0n) is 11.5. The molecule has 0 bridgehead atoms. The molecule has 1 fully saturated rings. The Morgan fingerprint density at radius 3 is 2.58 bits per heavy atom. The third-order valence-corrected chi connectivity index (χ3v) is 4.22. The fourth-order valence-electron chi connectivity index (χ4n) is 3.04. The van der Waals surface area contributed by atoms with E-state index in [-0.39, 0.29) is 23.6 Å². The minimum absolute atomic E-state index is 0.0550. The van der Waals surface area contributed by atoms with Crippen molar-refractivity contribution in [3.05, 3.63) is 35.6 Å². The molecule has 0 spiro atoms. The Morgan fingerprint density at radius 1 is 1.26 bits per heavy atom. The van der Waals surface area contributed by atoms with Crippen LogP contribution in [0.3, 0.4) is 0 Å². The molecule has 1 aliphatic rings. The molecule has 3 heteroatoms. The number of Topliss-reactive ketones (excluding diaryl/α,β-unsaturated/α-hetero) is 1. The molecule has 2 nitrogen and oxygen atoms in total. The van der Waals surface area contributed by atoms with Gasteiger partial charge in [-0.05, 0) is 31.5 Å². The monoisotopic (exact) mass is 263 g/mol. The maximum absolute atomic E-state index is 13.5. The van der Waals surface area contributed by atoms with Crippen molar-refractivity contribution in [1.82, 2.24) is 5.32 Å². The van der Waals surface area contributed by atoms with E-state index in [2.05, 4.69) is 5.32 Å². The van der Waals surface area contributed by atoms with Gasteiger partial charge in [0.2, 0.25) is 0 Å². The van der Waals surface area contributed by atoms with Gasteiger partial charge in [0, 0.05) is 18.4 Å². The minimum atomic E-state index is -0.280. The maximum Gasteiger partial charge on any atom is 0.139 e. The summed E-state index contributed by atoms with van der Waals surface area (Å²) in [6.07, 6.45) is 6.42. The van der Waals surface area contributed by atoms with Crippen LogP contribution >= 0.6 is 0 Å². The van der Waals surface area contributed by atoms with Crippen molar-refractivity contribution in [2.45, 2.75) is 50.5 Å². The van der Waals surface area contributed by atoms with Crippen LogP contribution in [0.15, 0.2) is 24.3 Å². The first-order valence-corrected chi connectivity index (χ1v) is 7.09. The molecule has 0 saturated heterocycles. The number of nitrogens with one attached hydrogen (secondary N) is 1. The van der Waals surface area contributed by atoms with Crippen LogP contribution in [0.25, 0.3) is 0 Å². The van der Waals surface area contributed by atoms with Crippen LogP contribution in [0.4, 0.5) is 4.39 Å². The van der Waals surface area contributed by atoms with E-state index < -0.39 is 0 Å². The van der Waals surface area contributed by atoms with Gasteiger partial charge in [-0.25, -0.2) is 4.39 Å². The summed E-state index contributed by atoms with van der Waals surface area (Å²) in [5, 5.41) is 3.33. The van der Waals surface area contributed by atoms with Crippen LogP contribution < -0.4 is 5.32 Å². The second-order valence-electron chi connectivity index (χ2n) is 5.57. The highest BCUT2D eigenvalue weighted by molar-refractivity contribution is 5.82. The summed E-state index contributed by atoms with van der Waals surface area (Å²) >= 11 is 0.